The number of halogens is 1. The van der Waals surface area contributed by atoms with E-state index in [1.54, 1.807) is 18.2 Å². The molecule has 1 fully saturated rings. The van der Waals surface area contributed by atoms with Crippen molar-refractivity contribution in [2.24, 2.45) is 0 Å². The summed E-state index contributed by atoms with van der Waals surface area (Å²) in [4.78, 5) is 37.1. The molecule has 1 heterocycles. The summed E-state index contributed by atoms with van der Waals surface area (Å²) in [6, 6.07) is 3.33. The van der Waals surface area contributed by atoms with Crippen molar-refractivity contribution in [2.75, 3.05) is 41.1 Å². The van der Waals surface area contributed by atoms with Crippen molar-refractivity contribution in [2.45, 2.75) is 0 Å². The number of imide groups is 1. The molecule has 2 amide bonds. The minimum absolute atomic E-state index is 0.200. The highest BCUT2D eigenvalue weighted by Crippen LogP contribution is 2.39. The Morgan fingerprint density at radius 3 is 2.63 bits per heavy atom. The number of nitrogens with zero attached hydrogens (tertiary/aromatic N) is 1. The van der Waals surface area contributed by atoms with Crippen LogP contribution in [0.2, 0.25) is 0 Å². The van der Waals surface area contributed by atoms with Crippen molar-refractivity contribution in [3.05, 3.63) is 27.1 Å². The first-order valence-corrected chi connectivity index (χ1v) is 9.33. The van der Waals surface area contributed by atoms with Gasteiger partial charge in [-0.1, -0.05) is 0 Å². The zero-order valence-corrected chi connectivity index (χ0v) is 17.3. The van der Waals surface area contributed by atoms with Crippen LogP contribution in [0.5, 0.6) is 11.5 Å². The molecule has 1 aromatic carbocycles. The average molecular weight is 460 g/mol. The summed E-state index contributed by atoms with van der Waals surface area (Å²) in [6.07, 6.45) is 1.59. The van der Waals surface area contributed by atoms with Crippen LogP contribution in [0.1, 0.15) is 5.56 Å². The average Bonchev–Trinajstić information content (AvgIpc) is 2.91. The largest absolute Gasteiger partial charge is 0.493 e. The second kappa shape index (κ2) is 9.77. The zero-order valence-electron chi connectivity index (χ0n) is 14.9. The van der Waals surface area contributed by atoms with Gasteiger partial charge in [0.1, 0.15) is 0 Å². The van der Waals surface area contributed by atoms with Crippen LogP contribution in [-0.4, -0.2) is 63.1 Å². The molecule has 0 bridgehead atoms. The number of thioether (sulfide) groups is 1. The molecule has 0 aliphatic carbocycles. The van der Waals surface area contributed by atoms with Crippen molar-refractivity contribution < 1.29 is 33.3 Å². The Kier molecular flexibility index (Phi) is 7.69. The van der Waals surface area contributed by atoms with E-state index in [2.05, 4.69) is 20.7 Å². The summed E-state index contributed by atoms with van der Waals surface area (Å²) in [5.74, 6) is -0.215. The van der Waals surface area contributed by atoms with Gasteiger partial charge in [-0.15, -0.1) is 0 Å². The number of esters is 1. The Bertz CT molecular complexity index is 781. The molecule has 0 radical (unpaired) electrons. The monoisotopic (exact) mass is 459 g/mol. The van der Waals surface area contributed by atoms with Gasteiger partial charge in [0.25, 0.3) is 11.1 Å². The summed E-state index contributed by atoms with van der Waals surface area (Å²) in [6.45, 7) is 0.200. The summed E-state index contributed by atoms with van der Waals surface area (Å²) in [7, 11) is 4.22. The first kappa shape index (κ1) is 21.3. The summed E-state index contributed by atoms with van der Waals surface area (Å²) >= 11 is 4.22. The third kappa shape index (κ3) is 5.24. The molecular weight excluding hydrogens is 442 g/mol. The van der Waals surface area contributed by atoms with E-state index in [4.69, 9.17) is 14.2 Å². The topological polar surface area (TPSA) is 91.4 Å². The van der Waals surface area contributed by atoms with Crippen LogP contribution in [0.25, 0.3) is 6.08 Å². The van der Waals surface area contributed by atoms with Gasteiger partial charge in [-0.25, -0.2) is 4.79 Å². The highest BCUT2D eigenvalue weighted by atomic mass is 79.9. The predicted molar refractivity (Wildman–Crippen MR) is 103 cm³/mol. The SMILES string of the molecule is COCCN1C(=O)S/C(=C/c2cc(Br)c(OCC(=O)OC)c(OC)c2)C1=O. The molecule has 10 heteroatoms. The number of hydrogen-bond acceptors (Lipinski definition) is 8. The Labute approximate surface area is 168 Å². The van der Waals surface area contributed by atoms with Crippen molar-refractivity contribution in [3.8, 4) is 11.5 Å². The Morgan fingerprint density at radius 1 is 1.26 bits per heavy atom. The highest BCUT2D eigenvalue weighted by molar-refractivity contribution is 9.10. The number of carbonyl (C=O) groups excluding carboxylic acids is 3. The van der Waals surface area contributed by atoms with Crippen LogP contribution < -0.4 is 9.47 Å². The molecular formula is C17H18BrNO7S. The molecule has 0 spiro atoms. The fraction of sp³-hybridized carbons (Fsp3) is 0.353. The molecule has 0 N–H and O–H groups in total. The first-order chi connectivity index (χ1) is 12.9. The molecule has 1 aliphatic heterocycles. The maximum absolute atomic E-state index is 12.4. The second-order valence-corrected chi connectivity index (χ2v) is 7.07. The van der Waals surface area contributed by atoms with E-state index >= 15 is 0 Å². The van der Waals surface area contributed by atoms with Gasteiger partial charge in [-0.3, -0.25) is 14.5 Å². The van der Waals surface area contributed by atoms with Crippen molar-refractivity contribution >= 4 is 50.9 Å². The molecule has 1 aromatic rings. The molecule has 0 unspecified atom stereocenters. The third-order valence-electron chi connectivity index (χ3n) is 3.50. The minimum Gasteiger partial charge on any atom is -0.493 e. The Balaban J connectivity index is 2.25. The van der Waals surface area contributed by atoms with Crippen molar-refractivity contribution in [1.82, 2.24) is 4.90 Å². The quantitative estimate of drug-likeness (QED) is 0.432. The summed E-state index contributed by atoms with van der Waals surface area (Å²) in [5.41, 5.74) is 0.626. The number of benzene rings is 1. The van der Waals surface area contributed by atoms with E-state index in [0.717, 1.165) is 16.7 Å². The molecule has 1 saturated heterocycles. The van der Waals surface area contributed by atoms with E-state index in [1.807, 2.05) is 0 Å². The smallest absolute Gasteiger partial charge is 0.343 e. The van der Waals surface area contributed by atoms with Gasteiger partial charge in [-0.05, 0) is 51.5 Å². The lowest BCUT2D eigenvalue weighted by Crippen LogP contribution is -2.31. The lowest BCUT2D eigenvalue weighted by molar-refractivity contribution is -0.143. The third-order valence-corrected chi connectivity index (χ3v) is 5.00. The fourth-order valence-electron chi connectivity index (χ4n) is 2.18. The van der Waals surface area contributed by atoms with Gasteiger partial charge in [0, 0.05) is 7.11 Å². The number of rotatable bonds is 8. The summed E-state index contributed by atoms with van der Waals surface area (Å²) < 4.78 is 20.7. The van der Waals surface area contributed by atoms with E-state index in [1.165, 1.54) is 21.3 Å². The number of ether oxygens (including phenoxy) is 4. The molecule has 2 rings (SSSR count). The molecule has 27 heavy (non-hydrogen) atoms. The number of methoxy groups -OCH3 is 3. The Hall–Kier alpha value is -2.04. The molecule has 146 valence electrons. The zero-order chi connectivity index (χ0) is 20.0. The van der Waals surface area contributed by atoms with Crippen molar-refractivity contribution in [1.29, 1.82) is 0 Å². The van der Waals surface area contributed by atoms with Crippen LogP contribution in [0.15, 0.2) is 21.5 Å². The van der Waals surface area contributed by atoms with E-state index in [-0.39, 0.29) is 30.9 Å². The molecule has 8 nitrogen and oxygen atoms in total. The summed E-state index contributed by atoms with van der Waals surface area (Å²) in [5, 5.41) is -0.340. The van der Waals surface area contributed by atoms with Crippen LogP contribution in [0.4, 0.5) is 4.79 Å². The lowest BCUT2D eigenvalue weighted by atomic mass is 10.2. The minimum atomic E-state index is -0.530. The van der Waals surface area contributed by atoms with Gasteiger partial charge in [0.2, 0.25) is 0 Å². The van der Waals surface area contributed by atoms with E-state index in [9.17, 15) is 14.4 Å². The molecule has 1 aliphatic rings. The fourth-order valence-corrected chi connectivity index (χ4v) is 3.62. The molecule has 0 atom stereocenters. The Morgan fingerprint density at radius 2 is 2.00 bits per heavy atom. The van der Waals surface area contributed by atoms with Gasteiger partial charge in [-0.2, -0.15) is 0 Å². The van der Waals surface area contributed by atoms with Gasteiger partial charge in [0.05, 0.1) is 36.7 Å². The number of amides is 2. The normalized spacial score (nSPS) is 15.4. The number of carbonyl (C=O) groups is 3. The maximum Gasteiger partial charge on any atom is 0.343 e. The van der Waals surface area contributed by atoms with Gasteiger partial charge < -0.3 is 18.9 Å². The van der Waals surface area contributed by atoms with Gasteiger partial charge >= 0.3 is 5.97 Å². The molecule has 0 saturated carbocycles. The highest BCUT2D eigenvalue weighted by Gasteiger charge is 2.34. The first-order valence-electron chi connectivity index (χ1n) is 7.72. The standard InChI is InChI=1S/C17H18BrNO7S/c1-23-5-4-19-16(21)13(27-17(19)22)8-10-6-11(18)15(12(7-10)24-2)26-9-14(20)25-3/h6-8H,4-5,9H2,1-3H3/b13-8+. The number of hydrogen-bond donors (Lipinski definition) is 0. The van der Waals surface area contributed by atoms with Crippen LogP contribution in [0, 0.1) is 0 Å². The van der Waals surface area contributed by atoms with Crippen LogP contribution >= 0.6 is 27.7 Å². The second-order valence-electron chi connectivity index (χ2n) is 5.23. The maximum atomic E-state index is 12.4. The predicted octanol–water partition coefficient (Wildman–Crippen LogP) is 2.69. The van der Waals surface area contributed by atoms with Crippen LogP contribution in [0.3, 0.4) is 0 Å². The van der Waals surface area contributed by atoms with Gasteiger partial charge in [0.15, 0.2) is 18.1 Å². The van der Waals surface area contributed by atoms with Crippen LogP contribution in [-0.2, 0) is 19.1 Å². The van der Waals surface area contributed by atoms with Crippen molar-refractivity contribution in [3.63, 3.8) is 0 Å². The van der Waals surface area contributed by atoms with E-state index < -0.39 is 5.97 Å². The molecule has 0 aromatic heterocycles. The lowest BCUT2D eigenvalue weighted by Gasteiger charge is -2.13. The van der Waals surface area contributed by atoms with E-state index in [0.29, 0.717) is 26.4 Å².